The third kappa shape index (κ3) is 4.78. The molecule has 88 valence electrons. The van der Waals surface area contributed by atoms with Crippen LogP contribution in [0.25, 0.3) is 0 Å². The van der Waals surface area contributed by atoms with E-state index in [2.05, 4.69) is 51.4 Å². The molecular formula is C10H24O2Si3. The lowest BCUT2D eigenvalue weighted by Crippen LogP contribution is -2.52. The maximum absolute atomic E-state index is 6.39. The summed E-state index contributed by atoms with van der Waals surface area (Å²) >= 11 is 0. The molecule has 0 fully saturated rings. The normalized spacial score (nSPS) is 20.9. The van der Waals surface area contributed by atoms with Crippen molar-refractivity contribution in [3.8, 4) is 0 Å². The van der Waals surface area contributed by atoms with E-state index in [4.69, 9.17) is 8.23 Å². The molecule has 0 spiro atoms. The summed E-state index contributed by atoms with van der Waals surface area (Å²) in [6.07, 6.45) is 4.49. The van der Waals surface area contributed by atoms with Gasteiger partial charge in [-0.15, -0.1) is 0 Å². The van der Waals surface area contributed by atoms with Crippen LogP contribution in [0, 0.1) is 0 Å². The highest BCUT2D eigenvalue weighted by molar-refractivity contribution is 6.88. The van der Waals surface area contributed by atoms with Crippen molar-refractivity contribution in [1.82, 2.24) is 0 Å². The minimum Gasteiger partial charge on any atom is -0.436 e. The van der Waals surface area contributed by atoms with Crippen LogP contribution >= 0.6 is 0 Å². The molecule has 1 heterocycles. The van der Waals surface area contributed by atoms with Gasteiger partial charge in [-0.25, -0.2) is 0 Å². The van der Waals surface area contributed by atoms with Crippen LogP contribution in [0.2, 0.25) is 51.4 Å². The first-order valence-corrected chi connectivity index (χ1v) is 14.7. The molecule has 2 nitrogen and oxygen atoms in total. The van der Waals surface area contributed by atoms with Crippen molar-refractivity contribution in [3.63, 3.8) is 0 Å². The van der Waals surface area contributed by atoms with E-state index < -0.39 is 25.2 Å². The van der Waals surface area contributed by atoms with Crippen LogP contribution < -0.4 is 0 Å². The Morgan fingerprint density at radius 1 is 0.800 bits per heavy atom. The van der Waals surface area contributed by atoms with Gasteiger partial charge in [0.2, 0.25) is 0 Å². The minimum absolute atomic E-state index is 1.06. The fourth-order valence-corrected chi connectivity index (χ4v) is 13.9. The lowest BCUT2D eigenvalue weighted by molar-refractivity contribution is 0.386. The Kier molecular flexibility index (Phi) is 3.83. The summed E-state index contributed by atoms with van der Waals surface area (Å²) in [5.41, 5.74) is 0. The maximum atomic E-state index is 6.39. The number of hydrogen-bond acceptors (Lipinski definition) is 2. The summed E-state index contributed by atoms with van der Waals surface area (Å²) in [5.74, 6) is 0. The Morgan fingerprint density at radius 3 is 1.40 bits per heavy atom. The Bertz CT molecular complexity index is 224. The molecule has 1 aliphatic rings. The molecule has 0 saturated carbocycles. The van der Waals surface area contributed by atoms with Crippen LogP contribution in [-0.2, 0) is 8.23 Å². The molecule has 15 heavy (non-hydrogen) atoms. The third-order valence-electron chi connectivity index (χ3n) is 2.01. The molecule has 0 aromatic carbocycles. The Labute approximate surface area is 97.2 Å². The van der Waals surface area contributed by atoms with Gasteiger partial charge in [0.25, 0.3) is 0 Å². The van der Waals surface area contributed by atoms with Crippen LogP contribution in [0.15, 0.2) is 12.2 Å². The summed E-state index contributed by atoms with van der Waals surface area (Å²) in [4.78, 5) is 0. The van der Waals surface area contributed by atoms with E-state index >= 15 is 0 Å². The molecule has 1 aliphatic heterocycles. The van der Waals surface area contributed by atoms with Crippen molar-refractivity contribution >= 4 is 25.2 Å². The topological polar surface area (TPSA) is 18.5 Å². The first kappa shape index (κ1) is 13.4. The molecule has 0 atom stereocenters. The van der Waals surface area contributed by atoms with Crippen molar-refractivity contribution in [3.05, 3.63) is 12.2 Å². The fourth-order valence-electron chi connectivity index (χ4n) is 1.91. The molecule has 0 aromatic heterocycles. The Hall–Kier alpha value is 0.311. The molecule has 0 N–H and O–H groups in total. The van der Waals surface area contributed by atoms with Gasteiger partial charge >= 0.3 is 8.56 Å². The average molecular weight is 261 g/mol. The lowest BCUT2D eigenvalue weighted by atomic mass is 10.6. The van der Waals surface area contributed by atoms with Crippen LogP contribution in [-0.4, -0.2) is 25.2 Å². The first-order valence-electron chi connectivity index (χ1n) is 5.67. The molecule has 0 saturated heterocycles. The summed E-state index contributed by atoms with van der Waals surface area (Å²) in [6, 6.07) is 2.11. The zero-order valence-electron chi connectivity index (χ0n) is 10.9. The minimum atomic E-state index is -1.89. The van der Waals surface area contributed by atoms with Gasteiger partial charge in [-0.3, -0.25) is 0 Å². The van der Waals surface area contributed by atoms with Crippen molar-refractivity contribution < 1.29 is 8.23 Å². The van der Waals surface area contributed by atoms with E-state index in [-0.39, 0.29) is 0 Å². The van der Waals surface area contributed by atoms with Gasteiger partial charge in [0.1, 0.15) is 0 Å². The molecule has 0 aliphatic carbocycles. The van der Waals surface area contributed by atoms with Crippen LogP contribution in [0.1, 0.15) is 0 Å². The lowest BCUT2D eigenvalue weighted by Gasteiger charge is -2.38. The summed E-state index contributed by atoms with van der Waals surface area (Å²) in [5, 5.41) is 0. The van der Waals surface area contributed by atoms with Crippen LogP contribution in [0.3, 0.4) is 0 Å². The zero-order valence-corrected chi connectivity index (χ0v) is 13.9. The highest BCUT2D eigenvalue weighted by Crippen LogP contribution is 2.32. The average Bonchev–Trinajstić information content (AvgIpc) is 2.27. The van der Waals surface area contributed by atoms with Gasteiger partial charge in [0.15, 0.2) is 16.6 Å². The summed E-state index contributed by atoms with van der Waals surface area (Å²) in [6.45, 7) is 13.5. The van der Waals surface area contributed by atoms with E-state index in [1.165, 1.54) is 0 Å². The second-order valence-electron chi connectivity index (χ2n) is 6.22. The SMILES string of the molecule is C[Si](C)(C)O[Si]1(O[Si](C)(C)C)CC=CC1. The van der Waals surface area contributed by atoms with Gasteiger partial charge < -0.3 is 8.23 Å². The number of hydrogen-bond donors (Lipinski definition) is 0. The summed E-state index contributed by atoms with van der Waals surface area (Å²) in [7, 11) is -4.84. The van der Waals surface area contributed by atoms with Gasteiger partial charge in [0.05, 0.1) is 0 Å². The second kappa shape index (κ2) is 4.29. The molecule has 0 unspecified atom stereocenters. The molecule has 0 aromatic rings. The highest BCUT2D eigenvalue weighted by atomic mass is 28.5. The maximum Gasteiger partial charge on any atom is 0.325 e. The smallest absolute Gasteiger partial charge is 0.325 e. The van der Waals surface area contributed by atoms with E-state index in [0.29, 0.717) is 0 Å². The predicted molar refractivity (Wildman–Crippen MR) is 73.4 cm³/mol. The Morgan fingerprint density at radius 2 is 1.13 bits per heavy atom. The first-order chi connectivity index (χ1) is 6.62. The van der Waals surface area contributed by atoms with E-state index in [1.807, 2.05) is 0 Å². The molecule has 0 amide bonds. The van der Waals surface area contributed by atoms with E-state index in [9.17, 15) is 0 Å². The molecule has 5 heteroatoms. The largest absolute Gasteiger partial charge is 0.436 e. The van der Waals surface area contributed by atoms with Crippen LogP contribution in [0.5, 0.6) is 0 Å². The van der Waals surface area contributed by atoms with Crippen molar-refractivity contribution in [2.45, 2.75) is 51.4 Å². The van der Waals surface area contributed by atoms with Crippen molar-refractivity contribution in [1.29, 1.82) is 0 Å². The predicted octanol–water partition coefficient (Wildman–Crippen LogP) is 3.70. The fraction of sp³-hybridized carbons (Fsp3) is 0.800. The number of allylic oxidation sites excluding steroid dienone is 2. The summed E-state index contributed by atoms with van der Waals surface area (Å²) < 4.78 is 12.8. The highest BCUT2D eigenvalue weighted by Gasteiger charge is 2.44. The van der Waals surface area contributed by atoms with Gasteiger partial charge in [-0.2, -0.15) is 0 Å². The number of rotatable bonds is 4. The standard InChI is InChI=1S/C10H24O2Si3/c1-13(2,3)11-15(9-7-8-10-15)12-14(4,5)6/h7-8H,9-10H2,1-6H3. The quantitative estimate of drug-likeness (QED) is 0.567. The van der Waals surface area contributed by atoms with Gasteiger partial charge in [-0.1, -0.05) is 12.2 Å². The van der Waals surface area contributed by atoms with Crippen LogP contribution in [0.4, 0.5) is 0 Å². The molecule has 0 radical (unpaired) electrons. The molecule has 0 bridgehead atoms. The van der Waals surface area contributed by atoms with Gasteiger partial charge in [0, 0.05) is 12.1 Å². The molecular weight excluding hydrogens is 236 g/mol. The third-order valence-corrected chi connectivity index (χ3v) is 11.6. The Balaban J connectivity index is 2.72. The van der Waals surface area contributed by atoms with Crippen molar-refractivity contribution in [2.75, 3.05) is 0 Å². The van der Waals surface area contributed by atoms with Gasteiger partial charge in [-0.05, 0) is 39.3 Å². The monoisotopic (exact) mass is 260 g/mol. The second-order valence-corrected chi connectivity index (χ2v) is 18.9. The molecule has 1 rings (SSSR count). The van der Waals surface area contributed by atoms with E-state index in [0.717, 1.165) is 12.1 Å². The van der Waals surface area contributed by atoms with E-state index in [1.54, 1.807) is 0 Å². The zero-order chi connectivity index (χ0) is 11.7. The van der Waals surface area contributed by atoms with Crippen molar-refractivity contribution in [2.24, 2.45) is 0 Å².